The number of likely N-dealkylation sites (tertiary alicyclic amines) is 1. The van der Waals surface area contributed by atoms with Crippen molar-refractivity contribution in [3.63, 3.8) is 0 Å². The van der Waals surface area contributed by atoms with Crippen molar-refractivity contribution in [3.05, 3.63) is 0 Å². The molecule has 0 aliphatic carbocycles. The highest BCUT2D eigenvalue weighted by atomic mass is 16.3. The number of aliphatic hydroxyl groups excluding tert-OH is 1. The molecular weight excluding hydrogens is 196 g/mol. The highest BCUT2D eigenvalue weighted by Gasteiger charge is 2.27. The second-order valence-electron chi connectivity index (χ2n) is 3.71. The number of aliphatic hydroxyl groups is 1. The molecule has 2 amide bonds. The van der Waals surface area contributed by atoms with Crippen LogP contribution in [0.5, 0.6) is 0 Å². The standard InChI is InChI=1S/C10H18N2O3/c1-2-11-6-8(13)7-12-9(14)4-3-5-10(12)15/h8,11,13H,2-7H2,1H3. The number of β-amino-alcohol motifs (C(OH)–C–C–N with tert-alkyl or cyclic N) is 1. The minimum atomic E-state index is -0.670. The smallest absolute Gasteiger partial charge is 0.229 e. The molecule has 1 aliphatic heterocycles. The van der Waals surface area contributed by atoms with Crippen molar-refractivity contribution in [2.75, 3.05) is 19.6 Å². The third-order valence-corrected chi connectivity index (χ3v) is 2.41. The Kier molecular flexibility index (Phi) is 4.71. The van der Waals surface area contributed by atoms with E-state index in [0.717, 1.165) is 6.54 Å². The fourth-order valence-electron chi connectivity index (χ4n) is 1.59. The van der Waals surface area contributed by atoms with Gasteiger partial charge >= 0.3 is 0 Å². The average Bonchev–Trinajstić information content (AvgIpc) is 2.21. The summed E-state index contributed by atoms with van der Waals surface area (Å²) in [6.45, 7) is 3.22. The zero-order chi connectivity index (χ0) is 11.3. The number of imide groups is 1. The lowest BCUT2D eigenvalue weighted by Gasteiger charge is -2.26. The van der Waals surface area contributed by atoms with Gasteiger partial charge in [0.15, 0.2) is 0 Å². The molecule has 0 spiro atoms. The molecule has 0 saturated carbocycles. The zero-order valence-corrected chi connectivity index (χ0v) is 9.03. The first-order chi connectivity index (χ1) is 7.15. The third-order valence-electron chi connectivity index (χ3n) is 2.41. The summed E-state index contributed by atoms with van der Waals surface area (Å²) in [6, 6.07) is 0. The molecule has 0 radical (unpaired) electrons. The van der Waals surface area contributed by atoms with Crippen LogP contribution in [0.2, 0.25) is 0 Å². The van der Waals surface area contributed by atoms with Gasteiger partial charge in [-0.15, -0.1) is 0 Å². The summed E-state index contributed by atoms with van der Waals surface area (Å²) in [5.41, 5.74) is 0. The third kappa shape index (κ3) is 3.60. The molecule has 86 valence electrons. The lowest BCUT2D eigenvalue weighted by molar-refractivity contribution is -0.149. The van der Waals surface area contributed by atoms with Gasteiger partial charge < -0.3 is 10.4 Å². The summed E-state index contributed by atoms with van der Waals surface area (Å²) in [7, 11) is 0. The van der Waals surface area contributed by atoms with E-state index in [-0.39, 0.29) is 18.4 Å². The van der Waals surface area contributed by atoms with E-state index in [0.29, 0.717) is 25.8 Å². The van der Waals surface area contributed by atoms with Gasteiger partial charge in [-0.2, -0.15) is 0 Å². The van der Waals surface area contributed by atoms with E-state index in [1.54, 1.807) is 0 Å². The molecule has 1 fully saturated rings. The predicted octanol–water partition coefficient (Wildman–Crippen LogP) is -0.504. The van der Waals surface area contributed by atoms with Gasteiger partial charge in [0.2, 0.25) is 11.8 Å². The lowest BCUT2D eigenvalue weighted by atomic mass is 10.1. The fourth-order valence-corrected chi connectivity index (χ4v) is 1.59. The summed E-state index contributed by atoms with van der Waals surface area (Å²) in [6.07, 6.45) is 0.799. The van der Waals surface area contributed by atoms with E-state index in [4.69, 9.17) is 0 Å². The molecule has 2 N–H and O–H groups in total. The van der Waals surface area contributed by atoms with E-state index in [1.165, 1.54) is 4.90 Å². The minimum Gasteiger partial charge on any atom is -0.390 e. The number of amides is 2. The topological polar surface area (TPSA) is 69.6 Å². The van der Waals surface area contributed by atoms with Crippen molar-refractivity contribution >= 4 is 11.8 Å². The van der Waals surface area contributed by atoms with E-state index in [2.05, 4.69) is 5.32 Å². The second-order valence-corrected chi connectivity index (χ2v) is 3.71. The van der Waals surface area contributed by atoms with Crippen molar-refractivity contribution in [2.24, 2.45) is 0 Å². The van der Waals surface area contributed by atoms with Gasteiger partial charge in [0.1, 0.15) is 0 Å². The second kappa shape index (κ2) is 5.82. The summed E-state index contributed by atoms with van der Waals surface area (Å²) < 4.78 is 0. The van der Waals surface area contributed by atoms with Gasteiger partial charge in [0.05, 0.1) is 12.6 Å². The molecule has 1 saturated heterocycles. The van der Waals surface area contributed by atoms with Crippen LogP contribution in [0, 0.1) is 0 Å². The van der Waals surface area contributed by atoms with Crippen molar-refractivity contribution in [1.82, 2.24) is 10.2 Å². The Bertz CT molecular complexity index is 227. The van der Waals surface area contributed by atoms with Crippen LogP contribution in [0.1, 0.15) is 26.2 Å². The number of hydrogen-bond donors (Lipinski definition) is 2. The molecule has 1 aliphatic rings. The van der Waals surface area contributed by atoms with Gasteiger partial charge in [-0.25, -0.2) is 0 Å². The normalized spacial score (nSPS) is 19.5. The van der Waals surface area contributed by atoms with Crippen molar-refractivity contribution in [3.8, 4) is 0 Å². The molecular formula is C10H18N2O3. The fraction of sp³-hybridized carbons (Fsp3) is 0.800. The van der Waals surface area contributed by atoms with Gasteiger partial charge in [0.25, 0.3) is 0 Å². The average molecular weight is 214 g/mol. The first kappa shape index (κ1) is 12.1. The number of carbonyl (C=O) groups excluding carboxylic acids is 2. The maximum absolute atomic E-state index is 11.4. The molecule has 5 heteroatoms. The Balaban J connectivity index is 2.40. The molecule has 1 unspecified atom stereocenters. The van der Waals surface area contributed by atoms with Crippen molar-refractivity contribution in [1.29, 1.82) is 0 Å². The van der Waals surface area contributed by atoms with Crippen LogP contribution in [0.4, 0.5) is 0 Å². The minimum absolute atomic E-state index is 0.116. The summed E-state index contributed by atoms with van der Waals surface area (Å²) >= 11 is 0. The monoisotopic (exact) mass is 214 g/mol. The molecule has 1 heterocycles. The van der Waals surface area contributed by atoms with Gasteiger partial charge in [0, 0.05) is 19.4 Å². The number of rotatable bonds is 5. The molecule has 15 heavy (non-hydrogen) atoms. The van der Waals surface area contributed by atoms with Gasteiger partial charge in [-0.3, -0.25) is 14.5 Å². The maximum Gasteiger partial charge on any atom is 0.229 e. The van der Waals surface area contributed by atoms with E-state index < -0.39 is 6.10 Å². The van der Waals surface area contributed by atoms with Crippen LogP contribution in [0.3, 0.4) is 0 Å². The Hall–Kier alpha value is -0.940. The first-order valence-electron chi connectivity index (χ1n) is 5.37. The number of piperidine rings is 1. The number of nitrogens with one attached hydrogen (secondary N) is 1. The Morgan fingerprint density at radius 1 is 1.40 bits per heavy atom. The highest BCUT2D eigenvalue weighted by molar-refractivity contribution is 5.97. The zero-order valence-electron chi connectivity index (χ0n) is 9.03. The SMILES string of the molecule is CCNCC(O)CN1C(=O)CCCC1=O. The van der Waals surface area contributed by atoms with Crippen LogP contribution in [0.15, 0.2) is 0 Å². The van der Waals surface area contributed by atoms with E-state index in [1.807, 2.05) is 6.92 Å². The summed E-state index contributed by atoms with van der Waals surface area (Å²) in [4.78, 5) is 23.9. The van der Waals surface area contributed by atoms with Crippen LogP contribution < -0.4 is 5.32 Å². The van der Waals surface area contributed by atoms with Gasteiger partial charge in [-0.05, 0) is 13.0 Å². The van der Waals surface area contributed by atoms with Crippen molar-refractivity contribution in [2.45, 2.75) is 32.3 Å². The molecule has 0 bridgehead atoms. The number of nitrogens with zero attached hydrogens (tertiary/aromatic N) is 1. The molecule has 1 atom stereocenters. The van der Waals surface area contributed by atoms with E-state index in [9.17, 15) is 14.7 Å². The van der Waals surface area contributed by atoms with E-state index >= 15 is 0 Å². The first-order valence-corrected chi connectivity index (χ1v) is 5.37. The lowest BCUT2D eigenvalue weighted by Crippen LogP contribution is -2.46. The Labute approximate surface area is 89.4 Å². The molecule has 0 aromatic carbocycles. The molecule has 5 nitrogen and oxygen atoms in total. The van der Waals surface area contributed by atoms with Gasteiger partial charge in [-0.1, -0.05) is 6.92 Å². The molecule has 1 rings (SSSR count). The quantitative estimate of drug-likeness (QED) is 0.605. The Morgan fingerprint density at radius 2 is 2.00 bits per heavy atom. The molecule has 0 aromatic rings. The number of carbonyl (C=O) groups is 2. The molecule has 0 aromatic heterocycles. The van der Waals surface area contributed by atoms with Crippen LogP contribution >= 0.6 is 0 Å². The summed E-state index contributed by atoms with van der Waals surface area (Å²) in [5, 5.41) is 12.5. The number of hydrogen-bond acceptors (Lipinski definition) is 4. The van der Waals surface area contributed by atoms with Crippen molar-refractivity contribution < 1.29 is 14.7 Å². The Morgan fingerprint density at radius 3 is 2.53 bits per heavy atom. The number of likely N-dealkylation sites (N-methyl/N-ethyl adjacent to an activating group) is 1. The maximum atomic E-state index is 11.4. The van der Waals surface area contributed by atoms with Crippen LogP contribution in [-0.4, -0.2) is 47.6 Å². The largest absolute Gasteiger partial charge is 0.390 e. The highest BCUT2D eigenvalue weighted by Crippen LogP contribution is 2.12. The van der Waals surface area contributed by atoms with Crippen LogP contribution in [0.25, 0.3) is 0 Å². The summed E-state index contributed by atoms with van der Waals surface area (Å²) in [5.74, 6) is -0.330. The predicted molar refractivity (Wildman–Crippen MR) is 55.1 cm³/mol. The van der Waals surface area contributed by atoms with Crippen LogP contribution in [-0.2, 0) is 9.59 Å².